The quantitative estimate of drug-likeness (QED) is 0.931. The predicted octanol–water partition coefficient (Wildman–Crippen LogP) is 1.74. The van der Waals surface area contributed by atoms with Crippen molar-refractivity contribution in [2.75, 3.05) is 19.4 Å². The molecule has 1 heterocycles. The molecule has 0 atom stereocenters. The van der Waals surface area contributed by atoms with E-state index in [2.05, 4.69) is 15.3 Å². The maximum absolute atomic E-state index is 12.1. The van der Waals surface area contributed by atoms with E-state index in [0.29, 0.717) is 17.1 Å². The van der Waals surface area contributed by atoms with Crippen LogP contribution in [-0.2, 0) is 0 Å². The maximum Gasteiger partial charge on any atom is 0.274 e. The molecule has 1 aromatic heterocycles. The minimum atomic E-state index is -0.338. The largest absolute Gasteiger partial charge is 0.345 e. The van der Waals surface area contributed by atoms with Gasteiger partial charge in [-0.15, -0.1) is 0 Å². The Balaban J connectivity index is 2.18. The fourth-order valence-corrected chi connectivity index (χ4v) is 1.77. The van der Waals surface area contributed by atoms with Crippen molar-refractivity contribution in [1.29, 1.82) is 0 Å². The molecule has 108 valence electrons. The zero-order chi connectivity index (χ0) is 15.4. The van der Waals surface area contributed by atoms with Crippen molar-refractivity contribution in [3.8, 4) is 0 Å². The maximum atomic E-state index is 12.1. The van der Waals surface area contributed by atoms with Crippen molar-refractivity contribution in [1.82, 2.24) is 14.9 Å². The van der Waals surface area contributed by atoms with Crippen molar-refractivity contribution < 1.29 is 9.59 Å². The number of hydrogen-bond acceptors (Lipinski definition) is 4. The molecule has 0 radical (unpaired) electrons. The molecule has 0 saturated carbocycles. The lowest BCUT2D eigenvalue weighted by atomic mass is 10.2. The summed E-state index contributed by atoms with van der Waals surface area (Å²) in [6, 6.07) is 8.31. The second kappa shape index (κ2) is 6.13. The first-order valence-corrected chi connectivity index (χ1v) is 6.40. The van der Waals surface area contributed by atoms with Crippen molar-refractivity contribution >= 4 is 17.5 Å². The van der Waals surface area contributed by atoms with Crippen LogP contribution in [0.5, 0.6) is 0 Å². The van der Waals surface area contributed by atoms with Crippen LogP contribution >= 0.6 is 0 Å². The molecule has 0 aliphatic rings. The highest BCUT2D eigenvalue weighted by Crippen LogP contribution is 2.13. The lowest BCUT2D eigenvalue weighted by Gasteiger charge is -2.11. The van der Waals surface area contributed by atoms with Gasteiger partial charge in [-0.1, -0.05) is 6.07 Å². The Morgan fingerprint density at radius 1 is 1.19 bits per heavy atom. The number of rotatable bonds is 3. The summed E-state index contributed by atoms with van der Waals surface area (Å²) in [4.78, 5) is 33.5. The summed E-state index contributed by atoms with van der Waals surface area (Å²) < 4.78 is 0. The first-order valence-electron chi connectivity index (χ1n) is 6.40. The smallest absolute Gasteiger partial charge is 0.274 e. The minimum absolute atomic E-state index is 0.121. The minimum Gasteiger partial charge on any atom is -0.345 e. The molecule has 2 aromatic rings. The molecular weight excluding hydrogens is 268 g/mol. The van der Waals surface area contributed by atoms with E-state index in [4.69, 9.17) is 0 Å². The second-order valence-electron chi connectivity index (χ2n) is 4.72. The average Bonchev–Trinajstić information content (AvgIpc) is 2.46. The van der Waals surface area contributed by atoms with Crippen molar-refractivity contribution in [3.05, 3.63) is 53.6 Å². The fourth-order valence-electron chi connectivity index (χ4n) is 1.77. The number of carbonyl (C=O) groups excluding carboxylic acids is 2. The van der Waals surface area contributed by atoms with Gasteiger partial charge < -0.3 is 10.2 Å². The van der Waals surface area contributed by atoms with Gasteiger partial charge in [0.2, 0.25) is 0 Å². The van der Waals surface area contributed by atoms with Crippen LogP contribution in [0, 0.1) is 6.92 Å². The summed E-state index contributed by atoms with van der Waals surface area (Å²) in [5.74, 6) is 0.0677. The second-order valence-corrected chi connectivity index (χ2v) is 4.72. The average molecular weight is 284 g/mol. The highest BCUT2D eigenvalue weighted by atomic mass is 16.2. The number of carbonyl (C=O) groups is 2. The van der Waals surface area contributed by atoms with Crippen LogP contribution in [0.3, 0.4) is 0 Å². The Morgan fingerprint density at radius 2 is 1.95 bits per heavy atom. The lowest BCUT2D eigenvalue weighted by molar-refractivity contribution is 0.0827. The molecule has 0 spiro atoms. The van der Waals surface area contributed by atoms with Crippen LogP contribution in [0.4, 0.5) is 5.69 Å². The summed E-state index contributed by atoms with van der Waals surface area (Å²) in [5, 5.41) is 2.72. The van der Waals surface area contributed by atoms with E-state index in [-0.39, 0.29) is 17.5 Å². The highest BCUT2D eigenvalue weighted by molar-refractivity contribution is 6.03. The highest BCUT2D eigenvalue weighted by Gasteiger charge is 2.11. The van der Waals surface area contributed by atoms with E-state index >= 15 is 0 Å². The normalized spacial score (nSPS) is 10.0. The third-order valence-electron chi connectivity index (χ3n) is 2.78. The van der Waals surface area contributed by atoms with Crippen LogP contribution in [-0.4, -0.2) is 40.8 Å². The molecule has 0 unspecified atom stereocenters. The molecular formula is C15H16N4O2. The SMILES string of the molecule is Cc1nccc(C(=O)Nc2cccc(C(=O)N(C)C)c2)n1. The summed E-state index contributed by atoms with van der Waals surface area (Å²) in [6.45, 7) is 1.72. The molecule has 2 amide bonds. The summed E-state index contributed by atoms with van der Waals surface area (Å²) in [5.41, 5.74) is 1.34. The molecule has 0 saturated heterocycles. The first-order chi connectivity index (χ1) is 9.97. The lowest BCUT2D eigenvalue weighted by Crippen LogP contribution is -2.22. The zero-order valence-electron chi connectivity index (χ0n) is 12.1. The molecule has 6 nitrogen and oxygen atoms in total. The van der Waals surface area contributed by atoms with Crippen LogP contribution in [0.25, 0.3) is 0 Å². The fraction of sp³-hybridized carbons (Fsp3) is 0.200. The number of aromatic nitrogens is 2. The van der Waals surface area contributed by atoms with Gasteiger partial charge in [0.05, 0.1) is 0 Å². The number of aryl methyl sites for hydroxylation is 1. The number of hydrogen-bond donors (Lipinski definition) is 1. The van der Waals surface area contributed by atoms with Gasteiger partial charge >= 0.3 is 0 Å². The molecule has 2 rings (SSSR count). The van der Waals surface area contributed by atoms with E-state index in [1.54, 1.807) is 45.3 Å². The van der Waals surface area contributed by atoms with Crippen LogP contribution in [0.1, 0.15) is 26.7 Å². The topological polar surface area (TPSA) is 75.2 Å². The van der Waals surface area contributed by atoms with Gasteiger partial charge in [-0.25, -0.2) is 9.97 Å². The standard InChI is InChI=1S/C15H16N4O2/c1-10-16-8-7-13(17-10)14(20)18-12-6-4-5-11(9-12)15(21)19(2)3/h4-9H,1-3H3,(H,18,20). The van der Waals surface area contributed by atoms with E-state index in [1.807, 2.05) is 0 Å². The Bertz CT molecular complexity index is 683. The Morgan fingerprint density at radius 3 is 2.62 bits per heavy atom. The number of nitrogens with zero attached hydrogens (tertiary/aromatic N) is 3. The van der Waals surface area contributed by atoms with Crippen molar-refractivity contribution in [3.63, 3.8) is 0 Å². The van der Waals surface area contributed by atoms with E-state index in [9.17, 15) is 9.59 Å². The van der Waals surface area contributed by atoms with Crippen molar-refractivity contribution in [2.45, 2.75) is 6.92 Å². The summed E-state index contributed by atoms with van der Waals surface area (Å²) in [7, 11) is 3.36. The number of anilines is 1. The van der Waals surface area contributed by atoms with Gasteiger partial charge in [0.1, 0.15) is 11.5 Å². The molecule has 0 aliphatic carbocycles. The zero-order valence-corrected chi connectivity index (χ0v) is 12.1. The third kappa shape index (κ3) is 3.62. The van der Waals surface area contributed by atoms with Gasteiger partial charge in [0.15, 0.2) is 0 Å². The Hall–Kier alpha value is -2.76. The van der Waals surface area contributed by atoms with Gasteiger partial charge in [0, 0.05) is 31.5 Å². The molecule has 1 N–H and O–H groups in total. The molecule has 6 heteroatoms. The summed E-state index contributed by atoms with van der Waals surface area (Å²) in [6.07, 6.45) is 1.53. The van der Waals surface area contributed by atoms with Gasteiger partial charge in [0.25, 0.3) is 11.8 Å². The molecule has 21 heavy (non-hydrogen) atoms. The van der Waals surface area contributed by atoms with Crippen LogP contribution < -0.4 is 5.32 Å². The van der Waals surface area contributed by atoms with Crippen LogP contribution in [0.15, 0.2) is 36.5 Å². The molecule has 0 bridgehead atoms. The number of amides is 2. The molecule has 0 fully saturated rings. The predicted molar refractivity (Wildman–Crippen MR) is 79.2 cm³/mol. The Kier molecular flexibility index (Phi) is 4.27. The molecule has 1 aromatic carbocycles. The van der Waals surface area contributed by atoms with E-state index in [0.717, 1.165) is 0 Å². The molecule has 0 aliphatic heterocycles. The summed E-state index contributed by atoms with van der Waals surface area (Å²) >= 11 is 0. The van der Waals surface area contributed by atoms with Crippen LogP contribution in [0.2, 0.25) is 0 Å². The van der Waals surface area contributed by atoms with Gasteiger partial charge in [-0.05, 0) is 31.2 Å². The van der Waals surface area contributed by atoms with Gasteiger partial charge in [-0.2, -0.15) is 0 Å². The monoisotopic (exact) mass is 284 g/mol. The number of benzene rings is 1. The number of nitrogens with one attached hydrogen (secondary N) is 1. The first kappa shape index (κ1) is 14.6. The van der Waals surface area contributed by atoms with E-state index in [1.165, 1.54) is 17.2 Å². The third-order valence-corrected chi connectivity index (χ3v) is 2.78. The van der Waals surface area contributed by atoms with Crippen molar-refractivity contribution in [2.24, 2.45) is 0 Å². The Labute approximate surface area is 122 Å². The van der Waals surface area contributed by atoms with E-state index < -0.39 is 0 Å². The van der Waals surface area contributed by atoms with Gasteiger partial charge in [-0.3, -0.25) is 9.59 Å².